The molecule has 250 valence electrons. The molecule has 0 unspecified atom stereocenters. The molecule has 9 aromatic rings. The number of nitrogens with zero attached hydrogens (tertiary/aromatic N) is 2. The molecule has 0 saturated carbocycles. The first-order valence-electron chi connectivity index (χ1n) is 18.1. The van der Waals surface area contributed by atoms with Crippen LogP contribution in [0.2, 0.25) is 0 Å². The molecule has 0 aliphatic heterocycles. The molecule has 0 bridgehead atoms. The molecule has 0 amide bonds. The van der Waals surface area contributed by atoms with Crippen molar-refractivity contribution in [2.45, 2.75) is 0 Å². The topological polar surface area (TPSA) is 17.8 Å². The van der Waals surface area contributed by atoms with E-state index in [1.165, 1.54) is 0 Å². The summed E-state index contributed by atoms with van der Waals surface area (Å²) in [6, 6.07) is 72.8. The van der Waals surface area contributed by atoms with E-state index in [0.717, 1.165) is 83.4 Å². The highest BCUT2D eigenvalue weighted by Crippen LogP contribution is 2.42. The van der Waals surface area contributed by atoms with Gasteiger partial charge in [-0.3, -0.25) is 4.57 Å². The lowest BCUT2D eigenvalue weighted by molar-refractivity contribution is 1.10. The maximum Gasteiger partial charge on any atom is 0.145 e. The van der Waals surface area contributed by atoms with Crippen molar-refractivity contribution < 1.29 is 0 Å². The lowest BCUT2D eigenvalue weighted by Crippen LogP contribution is -2.00. The average molecular weight is 677 g/mol. The molecule has 0 aliphatic rings. The van der Waals surface area contributed by atoms with Crippen molar-refractivity contribution >= 4 is 45.1 Å². The van der Waals surface area contributed by atoms with Gasteiger partial charge in [-0.2, -0.15) is 0 Å². The summed E-state index contributed by atoms with van der Waals surface area (Å²) in [5.74, 6) is 0.897. The molecule has 0 atom stereocenters. The highest BCUT2D eigenvalue weighted by Gasteiger charge is 2.23. The van der Waals surface area contributed by atoms with Gasteiger partial charge >= 0.3 is 0 Å². The van der Waals surface area contributed by atoms with E-state index in [1.807, 2.05) is 0 Å². The summed E-state index contributed by atoms with van der Waals surface area (Å²) in [5, 5.41) is 2.31. The normalized spacial score (nSPS) is 11.0. The van der Waals surface area contributed by atoms with Crippen LogP contribution in [0.25, 0.3) is 62.2 Å². The minimum Gasteiger partial charge on any atom is -0.292 e. The molecule has 53 heavy (non-hydrogen) atoms. The predicted molar refractivity (Wildman–Crippen MR) is 224 cm³/mol. The highest BCUT2D eigenvalue weighted by atomic mass is 15.1. The Morgan fingerprint density at radius 2 is 0.736 bits per heavy atom. The van der Waals surface area contributed by atoms with Gasteiger partial charge in [0.15, 0.2) is 0 Å². The molecular weight excluding hydrogens is 641 g/mol. The van der Waals surface area contributed by atoms with Gasteiger partial charge in [-0.15, -0.1) is 0 Å². The summed E-state index contributed by atoms with van der Waals surface area (Å²) in [5.41, 5.74) is 13.2. The van der Waals surface area contributed by atoms with E-state index in [0.29, 0.717) is 0 Å². The summed E-state index contributed by atoms with van der Waals surface area (Å²) >= 11 is 0. The zero-order valence-electron chi connectivity index (χ0n) is 29.2. The quantitative estimate of drug-likeness (QED) is 0.147. The number of benzene rings is 8. The second kappa shape index (κ2) is 14.3. The summed E-state index contributed by atoms with van der Waals surface area (Å²) < 4.78 is 2.36. The Labute approximate surface area is 310 Å². The first-order chi connectivity index (χ1) is 26.3. The third kappa shape index (κ3) is 6.17. The van der Waals surface area contributed by atoms with Crippen molar-refractivity contribution in [2.24, 2.45) is 0 Å². The summed E-state index contributed by atoms with van der Waals surface area (Å²) in [6.07, 6.45) is 4.74. The van der Waals surface area contributed by atoms with Crippen molar-refractivity contribution in [3.8, 4) is 17.1 Å². The van der Waals surface area contributed by atoms with E-state index < -0.39 is 0 Å². The van der Waals surface area contributed by atoms with Gasteiger partial charge in [0, 0.05) is 22.4 Å². The summed E-state index contributed by atoms with van der Waals surface area (Å²) in [6.45, 7) is 0. The van der Waals surface area contributed by atoms with Crippen LogP contribution in [-0.2, 0) is 0 Å². The Kier molecular flexibility index (Phi) is 8.61. The lowest BCUT2D eigenvalue weighted by Gasteiger charge is -2.17. The molecule has 0 N–H and O–H groups in total. The molecule has 0 spiro atoms. The van der Waals surface area contributed by atoms with E-state index >= 15 is 0 Å². The van der Waals surface area contributed by atoms with Crippen LogP contribution < -0.4 is 0 Å². The van der Waals surface area contributed by atoms with Crippen LogP contribution >= 0.6 is 0 Å². The summed E-state index contributed by atoms with van der Waals surface area (Å²) in [7, 11) is 0. The van der Waals surface area contributed by atoms with Crippen molar-refractivity contribution in [2.75, 3.05) is 0 Å². The Hall–Kier alpha value is -7.03. The van der Waals surface area contributed by atoms with Crippen molar-refractivity contribution in [3.05, 3.63) is 240 Å². The number of hydrogen-bond acceptors (Lipinski definition) is 1. The first kappa shape index (κ1) is 31.9. The lowest BCUT2D eigenvalue weighted by atomic mass is 9.89. The minimum atomic E-state index is 0.897. The predicted octanol–water partition coefficient (Wildman–Crippen LogP) is 13.0. The molecule has 2 heteroatoms. The number of aromatic nitrogens is 2. The van der Waals surface area contributed by atoms with Crippen LogP contribution in [-0.4, -0.2) is 9.55 Å². The van der Waals surface area contributed by atoms with Crippen molar-refractivity contribution in [3.63, 3.8) is 0 Å². The molecule has 9 rings (SSSR count). The molecule has 0 aliphatic carbocycles. The fourth-order valence-electron chi connectivity index (χ4n) is 7.39. The second-order valence-corrected chi connectivity index (χ2v) is 13.1. The third-order valence-corrected chi connectivity index (χ3v) is 9.86. The molecule has 0 saturated heterocycles. The van der Waals surface area contributed by atoms with Gasteiger partial charge in [0.05, 0.1) is 11.0 Å². The van der Waals surface area contributed by atoms with Gasteiger partial charge in [-0.25, -0.2) is 4.98 Å². The molecule has 8 aromatic carbocycles. The smallest absolute Gasteiger partial charge is 0.145 e. The third-order valence-electron chi connectivity index (χ3n) is 9.86. The van der Waals surface area contributed by atoms with E-state index in [1.54, 1.807) is 0 Å². The van der Waals surface area contributed by atoms with Gasteiger partial charge in [-0.1, -0.05) is 194 Å². The zero-order chi connectivity index (χ0) is 35.4. The van der Waals surface area contributed by atoms with Crippen LogP contribution in [0.15, 0.2) is 206 Å². The maximum absolute atomic E-state index is 5.65. The van der Waals surface area contributed by atoms with Gasteiger partial charge < -0.3 is 0 Å². The van der Waals surface area contributed by atoms with Crippen LogP contribution in [0, 0.1) is 0 Å². The Bertz CT molecular complexity index is 2630. The van der Waals surface area contributed by atoms with Gasteiger partial charge in [0.1, 0.15) is 5.82 Å². The SMILES string of the molecule is C(=C(c1ccccc1)c1ccccc1)c1c2ccccc2c(C=C(c2ccccc2)c2ccccc2)c2c1nc(-c1ccccc1)n2-c1ccccc1. The number of para-hydroxylation sites is 1. The van der Waals surface area contributed by atoms with E-state index in [4.69, 9.17) is 4.98 Å². The Morgan fingerprint density at radius 3 is 1.19 bits per heavy atom. The van der Waals surface area contributed by atoms with Crippen LogP contribution in [0.3, 0.4) is 0 Å². The molecule has 2 nitrogen and oxygen atoms in total. The largest absolute Gasteiger partial charge is 0.292 e. The second-order valence-electron chi connectivity index (χ2n) is 13.1. The first-order valence-corrected chi connectivity index (χ1v) is 18.1. The van der Waals surface area contributed by atoms with Gasteiger partial charge in [0.2, 0.25) is 0 Å². The monoisotopic (exact) mass is 676 g/mol. The summed E-state index contributed by atoms with van der Waals surface area (Å²) in [4.78, 5) is 5.65. The average Bonchev–Trinajstić information content (AvgIpc) is 3.65. The van der Waals surface area contributed by atoms with Crippen LogP contribution in [0.4, 0.5) is 0 Å². The maximum atomic E-state index is 5.65. The number of imidazole rings is 1. The number of hydrogen-bond donors (Lipinski definition) is 0. The van der Waals surface area contributed by atoms with Gasteiger partial charge in [-0.05, 0) is 68.5 Å². The Balaban J connectivity index is 1.48. The van der Waals surface area contributed by atoms with Crippen molar-refractivity contribution in [1.82, 2.24) is 9.55 Å². The number of fused-ring (bicyclic) bond motifs is 2. The minimum absolute atomic E-state index is 0.897. The van der Waals surface area contributed by atoms with Gasteiger partial charge in [0.25, 0.3) is 0 Å². The standard InChI is InChI=1S/C51H36N2/c1-7-21-37(22-8-1)45(38-23-9-2-10-24-38)35-47-43-33-19-20-34-44(43)48(36-46(39-25-11-3-12-26-39)40-27-13-4-14-28-40)50-49(47)52-51(41-29-15-5-16-30-41)53(50)42-31-17-6-18-32-42/h1-36H. The van der Waals surface area contributed by atoms with Crippen LogP contribution in [0.1, 0.15) is 33.4 Å². The molecule has 1 heterocycles. The zero-order valence-corrected chi connectivity index (χ0v) is 29.2. The molecule has 1 aromatic heterocycles. The molecular formula is C51H36N2. The fourth-order valence-corrected chi connectivity index (χ4v) is 7.39. The van der Waals surface area contributed by atoms with Crippen molar-refractivity contribution in [1.29, 1.82) is 0 Å². The highest BCUT2D eigenvalue weighted by molar-refractivity contribution is 6.16. The van der Waals surface area contributed by atoms with E-state index in [2.05, 4.69) is 223 Å². The van der Waals surface area contributed by atoms with E-state index in [9.17, 15) is 0 Å². The molecule has 0 radical (unpaired) electrons. The Morgan fingerprint density at radius 1 is 0.377 bits per heavy atom. The molecule has 0 fully saturated rings. The fraction of sp³-hybridized carbons (Fsp3) is 0. The number of rotatable bonds is 8. The van der Waals surface area contributed by atoms with E-state index in [-0.39, 0.29) is 0 Å². The van der Waals surface area contributed by atoms with Crippen LogP contribution in [0.5, 0.6) is 0 Å².